The van der Waals surface area contributed by atoms with Gasteiger partial charge in [0.2, 0.25) is 5.95 Å². The molecule has 23 heavy (non-hydrogen) atoms. The van der Waals surface area contributed by atoms with E-state index in [-0.39, 0.29) is 5.56 Å². The summed E-state index contributed by atoms with van der Waals surface area (Å²) in [5.74, 6) is 0.425. The molecule has 1 heterocycles. The average molecular weight is 306 g/mol. The molecule has 0 amide bonds. The van der Waals surface area contributed by atoms with E-state index in [4.69, 9.17) is 0 Å². The quantitative estimate of drug-likeness (QED) is 0.777. The van der Waals surface area contributed by atoms with Gasteiger partial charge in [-0.1, -0.05) is 30.3 Å². The maximum atomic E-state index is 11.9. The van der Waals surface area contributed by atoms with Crippen LogP contribution in [-0.2, 0) is 0 Å². The highest BCUT2D eigenvalue weighted by Crippen LogP contribution is 2.20. The van der Waals surface area contributed by atoms with Gasteiger partial charge in [-0.05, 0) is 24.3 Å². The highest BCUT2D eigenvalue weighted by molar-refractivity contribution is 5.63. The van der Waals surface area contributed by atoms with Crippen molar-refractivity contribution in [1.82, 2.24) is 9.97 Å². The molecule has 0 radical (unpaired) electrons. The molecular formula is C18H18N4O. The standard InChI is InChI=1S/C18H18N4O/c1-22(2)15-10-8-14(9-11-15)19-18-20-16(12-17(23)21-18)13-6-4-3-5-7-13/h3-12H,1-2H3,(H2,19,20,21,23). The van der Waals surface area contributed by atoms with Crippen molar-refractivity contribution in [3.63, 3.8) is 0 Å². The molecule has 5 nitrogen and oxygen atoms in total. The Morgan fingerprint density at radius 3 is 2.35 bits per heavy atom. The highest BCUT2D eigenvalue weighted by atomic mass is 16.1. The molecule has 116 valence electrons. The number of hydrogen-bond acceptors (Lipinski definition) is 4. The Balaban J connectivity index is 1.88. The molecule has 5 heteroatoms. The SMILES string of the molecule is CN(C)c1ccc(Nc2nc(-c3ccccc3)cc(=O)[nH]2)cc1. The van der Waals surface area contributed by atoms with Crippen molar-refractivity contribution in [2.24, 2.45) is 0 Å². The van der Waals surface area contributed by atoms with E-state index in [2.05, 4.69) is 15.3 Å². The number of nitrogens with zero attached hydrogens (tertiary/aromatic N) is 2. The molecular weight excluding hydrogens is 288 g/mol. The van der Waals surface area contributed by atoms with Gasteiger partial charge >= 0.3 is 0 Å². The summed E-state index contributed by atoms with van der Waals surface area (Å²) in [7, 11) is 3.98. The fourth-order valence-corrected chi connectivity index (χ4v) is 2.25. The van der Waals surface area contributed by atoms with Crippen molar-refractivity contribution < 1.29 is 0 Å². The van der Waals surface area contributed by atoms with Crippen LogP contribution in [-0.4, -0.2) is 24.1 Å². The van der Waals surface area contributed by atoms with Crippen molar-refractivity contribution in [3.8, 4) is 11.3 Å². The molecule has 0 atom stereocenters. The van der Waals surface area contributed by atoms with Gasteiger partial charge in [-0.15, -0.1) is 0 Å². The van der Waals surface area contributed by atoms with Crippen molar-refractivity contribution >= 4 is 17.3 Å². The summed E-state index contributed by atoms with van der Waals surface area (Å²) >= 11 is 0. The predicted molar refractivity (Wildman–Crippen MR) is 94.3 cm³/mol. The van der Waals surface area contributed by atoms with Crippen molar-refractivity contribution in [1.29, 1.82) is 0 Å². The summed E-state index contributed by atoms with van der Waals surface area (Å²) < 4.78 is 0. The fraction of sp³-hybridized carbons (Fsp3) is 0.111. The van der Waals surface area contributed by atoms with Crippen molar-refractivity contribution in [2.75, 3.05) is 24.3 Å². The molecule has 0 aliphatic heterocycles. The van der Waals surface area contributed by atoms with Crippen LogP contribution < -0.4 is 15.8 Å². The third kappa shape index (κ3) is 3.58. The second kappa shape index (κ2) is 6.36. The zero-order chi connectivity index (χ0) is 16.2. The molecule has 0 aliphatic rings. The van der Waals surface area contributed by atoms with E-state index in [0.717, 1.165) is 16.9 Å². The monoisotopic (exact) mass is 306 g/mol. The fourth-order valence-electron chi connectivity index (χ4n) is 2.25. The Bertz CT molecular complexity index is 839. The minimum Gasteiger partial charge on any atom is -0.378 e. The van der Waals surface area contributed by atoms with Gasteiger partial charge in [-0.2, -0.15) is 0 Å². The molecule has 0 saturated heterocycles. The number of aromatic amines is 1. The zero-order valence-corrected chi connectivity index (χ0v) is 13.1. The van der Waals surface area contributed by atoms with E-state index in [1.165, 1.54) is 6.07 Å². The first kappa shape index (κ1) is 14.8. The number of benzene rings is 2. The van der Waals surface area contributed by atoms with E-state index in [9.17, 15) is 4.79 Å². The van der Waals surface area contributed by atoms with Crippen LogP contribution in [0.15, 0.2) is 65.5 Å². The van der Waals surface area contributed by atoms with Crippen LogP contribution in [0.2, 0.25) is 0 Å². The Hall–Kier alpha value is -3.08. The van der Waals surface area contributed by atoms with E-state index in [0.29, 0.717) is 11.6 Å². The summed E-state index contributed by atoms with van der Waals surface area (Å²) in [6.07, 6.45) is 0. The van der Waals surface area contributed by atoms with Gasteiger partial charge in [-0.3, -0.25) is 9.78 Å². The Labute approximate surface area is 134 Å². The minimum atomic E-state index is -0.189. The Kier molecular flexibility index (Phi) is 4.10. The first-order valence-corrected chi connectivity index (χ1v) is 7.33. The van der Waals surface area contributed by atoms with Crippen molar-refractivity contribution in [2.45, 2.75) is 0 Å². The molecule has 1 aromatic heterocycles. The zero-order valence-electron chi connectivity index (χ0n) is 13.1. The lowest BCUT2D eigenvalue weighted by atomic mass is 10.1. The summed E-state index contributed by atoms with van der Waals surface area (Å²) in [6.45, 7) is 0. The smallest absolute Gasteiger partial charge is 0.252 e. The van der Waals surface area contributed by atoms with Gasteiger partial charge in [0, 0.05) is 37.1 Å². The average Bonchev–Trinajstić information content (AvgIpc) is 2.55. The lowest BCUT2D eigenvalue weighted by Gasteiger charge is -2.13. The largest absolute Gasteiger partial charge is 0.378 e. The van der Waals surface area contributed by atoms with Gasteiger partial charge in [-0.25, -0.2) is 4.98 Å². The first-order valence-electron chi connectivity index (χ1n) is 7.33. The number of nitrogens with one attached hydrogen (secondary N) is 2. The van der Waals surface area contributed by atoms with E-state index < -0.39 is 0 Å². The molecule has 3 rings (SSSR count). The normalized spacial score (nSPS) is 10.3. The lowest BCUT2D eigenvalue weighted by molar-refractivity contribution is 1.12. The van der Waals surface area contributed by atoms with Crippen molar-refractivity contribution in [3.05, 3.63) is 71.0 Å². The van der Waals surface area contributed by atoms with E-state index >= 15 is 0 Å². The number of hydrogen-bond donors (Lipinski definition) is 2. The van der Waals surface area contributed by atoms with E-state index in [1.807, 2.05) is 73.6 Å². The molecule has 0 spiro atoms. The van der Waals surface area contributed by atoms with Gasteiger partial charge in [0.1, 0.15) is 0 Å². The van der Waals surface area contributed by atoms with Crippen LogP contribution in [0.5, 0.6) is 0 Å². The Morgan fingerprint density at radius 2 is 1.70 bits per heavy atom. The molecule has 0 saturated carbocycles. The topological polar surface area (TPSA) is 61.0 Å². The molecule has 0 bridgehead atoms. The van der Waals surface area contributed by atoms with Crippen LogP contribution >= 0.6 is 0 Å². The third-order valence-corrected chi connectivity index (χ3v) is 3.46. The van der Waals surface area contributed by atoms with Crippen LogP contribution in [0.3, 0.4) is 0 Å². The second-order valence-electron chi connectivity index (χ2n) is 5.41. The van der Waals surface area contributed by atoms with Crippen LogP contribution in [0.25, 0.3) is 11.3 Å². The molecule has 0 fully saturated rings. The predicted octanol–water partition coefficient (Wildman–Crippen LogP) is 3.25. The molecule has 0 unspecified atom stereocenters. The first-order chi connectivity index (χ1) is 11.1. The molecule has 2 N–H and O–H groups in total. The lowest BCUT2D eigenvalue weighted by Crippen LogP contribution is -2.11. The van der Waals surface area contributed by atoms with Gasteiger partial charge in [0.15, 0.2) is 0 Å². The maximum Gasteiger partial charge on any atom is 0.252 e. The van der Waals surface area contributed by atoms with Gasteiger partial charge in [0.05, 0.1) is 5.69 Å². The van der Waals surface area contributed by atoms with Crippen LogP contribution in [0, 0.1) is 0 Å². The summed E-state index contributed by atoms with van der Waals surface area (Å²) in [4.78, 5) is 21.1. The summed E-state index contributed by atoms with van der Waals surface area (Å²) in [6, 6.07) is 19.0. The number of anilines is 3. The number of rotatable bonds is 4. The maximum absolute atomic E-state index is 11.9. The highest BCUT2D eigenvalue weighted by Gasteiger charge is 2.04. The summed E-state index contributed by atoms with van der Waals surface area (Å²) in [5.41, 5.74) is 3.33. The van der Waals surface area contributed by atoms with Crippen LogP contribution in [0.4, 0.5) is 17.3 Å². The molecule has 2 aromatic carbocycles. The minimum absolute atomic E-state index is 0.189. The molecule has 3 aromatic rings. The van der Waals surface area contributed by atoms with Gasteiger partial charge < -0.3 is 10.2 Å². The number of aromatic nitrogens is 2. The second-order valence-corrected chi connectivity index (χ2v) is 5.41. The van der Waals surface area contributed by atoms with E-state index in [1.54, 1.807) is 0 Å². The third-order valence-electron chi connectivity index (χ3n) is 3.46. The summed E-state index contributed by atoms with van der Waals surface area (Å²) in [5, 5.41) is 3.14. The number of H-pyrrole nitrogens is 1. The van der Waals surface area contributed by atoms with Crippen LogP contribution in [0.1, 0.15) is 0 Å². The Morgan fingerprint density at radius 1 is 1.00 bits per heavy atom. The van der Waals surface area contributed by atoms with Gasteiger partial charge in [0.25, 0.3) is 5.56 Å². The molecule has 0 aliphatic carbocycles.